The Hall–Kier alpha value is -3.27. The SMILES string of the molecule is C#CCN(Cc1ccc(F)cc1)C(=O)CCc1c(C)nc2ncnn2c1C. The van der Waals surface area contributed by atoms with Crippen LogP contribution in [0.25, 0.3) is 5.78 Å². The minimum Gasteiger partial charge on any atom is -0.327 e. The second-order valence-electron chi connectivity index (χ2n) is 6.31. The number of benzene rings is 1. The molecule has 7 heteroatoms. The van der Waals surface area contributed by atoms with Gasteiger partial charge in [-0.15, -0.1) is 6.42 Å². The number of carbonyl (C=O) groups excluding carboxylic acids is 1. The van der Waals surface area contributed by atoms with Crippen LogP contribution in [0, 0.1) is 32.0 Å². The van der Waals surface area contributed by atoms with E-state index in [1.807, 2.05) is 13.8 Å². The number of hydrogen-bond acceptors (Lipinski definition) is 4. The molecule has 0 N–H and O–H groups in total. The summed E-state index contributed by atoms with van der Waals surface area (Å²) in [6, 6.07) is 6.06. The number of halogens is 1. The van der Waals surface area contributed by atoms with Gasteiger partial charge in [0.25, 0.3) is 5.78 Å². The van der Waals surface area contributed by atoms with Crippen molar-refractivity contribution in [2.75, 3.05) is 6.54 Å². The van der Waals surface area contributed by atoms with Crippen LogP contribution in [0.4, 0.5) is 4.39 Å². The first-order valence-corrected chi connectivity index (χ1v) is 8.61. The third-order valence-corrected chi connectivity index (χ3v) is 4.50. The van der Waals surface area contributed by atoms with E-state index in [1.165, 1.54) is 18.5 Å². The highest BCUT2D eigenvalue weighted by molar-refractivity contribution is 5.76. The highest BCUT2D eigenvalue weighted by Crippen LogP contribution is 2.16. The van der Waals surface area contributed by atoms with Crippen LogP contribution in [0.3, 0.4) is 0 Å². The number of amides is 1. The number of aromatic nitrogens is 4. The molecule has 0 saturated carbocycles. The van der Waals surface area contributed by atoms with Crippen molar-refractivity contribution < 1.29 is 9.18 Å². The lowest BCUT2D eigenvalue weighted by Crippen LogP contribution is -2.31. The fourth-order valence-electron chi connectivity index (χ4n) is 3.06. The molecule has 2 heterocycles. The van der Waals surface area contributed by atoms with Gasteiger partial charge >= 0.3 is 0 Å². The molecule has 2 aromatic heterocycles. The zero-order chi connectivity index (χ0) is 19.4. The summed E-state index contributed by atoms with van der Waals surface area (Å²) >= 11 is 0. The summed E-state index contributed by atoms with van der Waals surface area (Å²) in [6.45, 7) is 4.39. The first kappa shape index (κ1) is 18.5. The van der Waals surface area contributed by atoms with Gasteiger partial charge in [-0.25, -0.2) is 13.9 Å². The largest absolute Gasteiger partial charge is 0.327 e. The van der Waals surface area contributed by atoms with Crippen LogP contribution >= 0.6 is 0 Å². The van der Waals surface area contributed by atoms with Gasteiger partial charge in [0.2, 0.25) is 5.91 Å². The molecule has 1 amide bonds. The predicted octanol–water partition coefficient (Wildman–Crippen LogP) is 2.47. The maximum atomic E-state index is 13.1. The summed E-state index contributed by atoms with van der Waals surface area (Å²) < 4.78 is 14.7. The second kappa shape index (κ2) is 7.96. The highest BCUT2D eigenvalue weighted by atomic mass is 19.1. The van der Waals surface area contributed by atoms with Crippen LogP contribution in [0.1, 0.15) is 28.9 Å². The molecule has 3 rings (SSSR count). The Bertz CT molecular complexity index is 1000. The van der Waals surface area contributed by atoms with Crippen molar-refractivity contribution >= 4 is 11.7 Å². The van der Waals surface area contributed by atoms with Crippen LogP contribution in [0.5, 0.6) is 0 Å². The normalized spacial score (nSPS) is 10.7. The molecule has 3 aromatic rings. The lowest BCUT2D eigenvalue weighted by Gasteiger charge is -2.21. The second-order valence-corrected chi connectivity index (χ2v) is 6.31. The Balaban J connectivity index is 1.72. The summed E-state index contributed by atoms with van der Waals surface area (Å²) in [6.07, 6.45) is 7.71. The van der Waals surface area contributed by atoms with E-state index in [2.05, 4.69) is 21.0 Å². The van der Waals surface area contributed by atoms with E-state index in [0.717, 1.165) is 22.5 Å². The van der Waals surface area contributed by atoms with E-state index < -0.39 is 0 Å². The summed E-state index contributed by atoms with van der Waals surface area (Å²) in [7, 11) is 0. The zero-order valence-corrected chi connectivity index (χ0v) is 15.3. The fourth-order valence-corrected chi connectivity index (χ4v) is 3.06. The number of hydrogen-bond donors (Lipinski definition) is 0. The van der Waals surface area contributed by atoms with Gasteiger partial charge in [0.1, 0.15) is 12.1 Å². The maximum absolute atomic E-state index is 13.1. The minimum absolute atomic E-state index is 0.0604. The van der Waals surface area contributed by atoms with Gasteiger partial charge < -0.3 is 4.90 Å². The molecule has 0 radical (unpaired) electrons. The summed E-state index contributed by atoms with van der Waals surface area (Å²) in [5, 5.41) is 4.17. The van der Waals surface area contributed by atoms with E-state index in [4.69, 9.17) is 6.42 Å². The Morgan fingerprint density at radius 1 is 1.30 bits per heavy atom. The Kier molecular flexibility index (Phi) is 5.46. The lowest BCUT2D eigenvalue weighted by molar-refractivity contribution is -0.131. The van der Waals surface area contributed by atoms with Crippen molar-refractivity contribution in [3.8, 4) is 12.3 Å². The maximum Gasteiger partial charge on any atom is 0.252 e. The van der Waals surface area contributed by atoms with Gasteiger partial charge in [-0.05, 0) is 43.5 Å². The predicted molar refractivity (Wildman–Crippen MR) is 99.2 cm³/mol. The molecule has 0 aliphatic rings. The minimum atomic E-state index is -0.310. The molecule has 0 aliphatic heterocycles. The average molecular weight is 365 g/mol. The van der Waals surface area contributed by atoms with Crippen LogP contribution in [0.2, 0.25) is 0 Å². The molecule has 6 nitrogen and oxygen atoms in total. The van der Waals surface area contributed by atoms with Crippen LogP contribution < -0.4 is 0 Å². The summed E-state index contributed by atoms with van der Waals surface area (Å²) in [5.41, 5.74) is 3.56. The molecule has 0 bridgehead atoms. The van der Waals surface area contributed by atoms with E-state index in [-0.39, 0.29) is 18.3 Å². The summed E-state index contributed by atoms with van der Waals surface area (Å²) in [4.78, 5) is 22.8. The van der Waals surface area contributed by atoms with Crippen LogP contribution in [-0.4, -0.2) is 36.9 Å². The van der Waals surface area contributed by atoms with Gasteiger partial charge in [0.05, 0.1) is 6.54 Å². The number of carbonyl (C=O) groups is 1. The molecule has 0 spiro atoms. The summed E-state index contributed by atoms with van der Waals surface area (Å²) in [5.74, 6) is 2.69. The van der Waals surface area contributed by atoms with Gasteiger partial charge in [0.15, 0.2) is 0 Å². The van der Waals surface area contributed by atoms with Gasteiger partial charge in [-0.1, -0.05) is 18.1 Å². The van der Waals surface area contributed by atoms with Gasteiger partial charge in [-0.3, -0.25) is 4.79 Å². The molecular formula is C20H20FN5O. The van der Waals surface area contributed by atoms with Gasteiger partial charge in [-0.2, -0.15) is 10.1 Å². The van der Waals surface area contributed by atoms with Crippen LogP contribution in [-0.2, 0) is 17.8 Å². The highest BCUT2D eigenvalue weighted by Gasteiger charge is 2.16. The molecule has 0 fully saturated rings. The monoisotopic (exact) mass is 365 g/mol. The standard InChI is InChI=1S/C20H20FN5O/c1-4-11-25(12-16-5-7-17(21)8-6-16)19(27)10-9-18-14(2)24-20-22-13-23-26(20)15(18)3/h1,5-8,13H,9-12H2,2-3H3. The molecule has 27 heavy (non-hydrogen) atoms. The lowest BCUT2D eigenvalue weighted by atomic mass is 10.1. The van der Waals surface area contributed by atoms with Crippen molar-refractivity contribution in [3.63, 3.8) is 0 Å². The number of rotatable bonds is 6. The quantitative estimate of drug-likeness (QED) is 0.630. The number of nitrogens with zero attached hydrogens (tertiary/aromatic N) is 5. The fraction of sp³-hybridized carbons (Fsp3) is 0.300. The molecule has 0 aliphatic carbocycles. The average Bonchev–Trinajstić information content (AvgIpc) is 3.11. The number of fused-ring (bicyclic) bond motifs is 1. The Morgan fingerprint density at radius 2 is 2.04 bits per heavy atom. The Labute approximate surface area is 157 Å². The molecule has 138 valence electrons. The smallest absolute Gasteiger partial charge is 0.252 e. The van der Waals surface area contributed by atoms with E-state index in [1.54, 1.807) is 21.5 Å². The first-order chi connectivity index (χ1) is 13.0. The molecule has 0 atom stereocenters. The van der Waals surface area contributed by atoms with Gasteiger partial charge in [0, 0.05) is 24.4 Å². The van der Waals surface area contributed by atoms with E-state index in [0.29, 0.717) is 25.2 Å². The zero-order valence-electron chi connectivity index (χ0n) is 15.3. The van der Waals surface area contributed by atoms with Crippen molar-refractivity contribution in [2.24, 2.45) is 0 Å². The topological polar surface area (TPSA) is 63.4 Å². The number of terminal acetylenes is 1. The Morgan fingerprint density at radius 3 is 2.74 bits per heavy atom. The van der Waals surface area contributed by atoms with Crippen molar-refractivity contribution in [2.45, 2.75) is 33.2 Å². The first-order valence-electron chi connectivity index (χ1n) is 8.61. The number of aryl methyl sites for hydroxylation is 2. The molecule has 0 saturated heterocycles. The van der Waals surface area contributed by atoms with Crippen LogP contribution in [0.15, 0.2) is 30.6 Å². The van der Waals surface area contributed by atoms with Crippen molar-refractivity contribution in [3.05, 3.63) is 58.9 Å². The molecule has 1 aromatic carbocycles. The van der Waals surface area contributed by atoms with E-state index in [9.17, 15) is 9.18 Å². The third kappa shape index (κ3) is 4.11. The van der Waals surface area contributed by atoms with Crippen molar-refractivity contribution in [1.29, 1.82) is 0 Å². The molecular weight excluding hydrogens is 345 g/mol. The van der Waals surface area contributed by atoms with E-state index >= 15 is 0 Å². The molecule has 0 unspecified atom stereocenters. The third-order valence-electron chi connectivity index (χ3n) is 4.50. The van der Waals surface area contributed by atoms with Crippen molar-refractivity contribution in [1.82, 2.24) is 24.5 Å².